The topological polar surface area (TPSA) is 26.3 Å². The average molecular weight is 253 g/mol. The molecule has 2 nitrogen and oxygen atoms in total. The maximum absolute atomic E-state index is 12.4. The number of halogens is 4. The minimum atomic E-state index is -4.46. The maximum atomic E-state index is 12.4. The van der Waals surface area contributed by atoms with E-state index in [0.717, 1.165) is 19.2 Å². The Kier molecular flexibility index (Phi) is 3.80. The third kappa shape index (κ3) is 2.88. The van der Waals surface area contributed by atoms with Crippen molar-refractivity contribution in [3.8, 4) is 0 Å². The number of benzene rings is 1. The largest absolute Gasteiger partial charge is 0.468 e. The van der Waals surface area contributed by atoms with Crippen LogP contribution in [0.3, 0.4) is 0 Å². The molecule has 1 rings (SSSR count). The predicted molar refractivity (Wildman–Crippen MR) is 52.1 cm³/mol. The minimum Gasteiger partial charge on any atom is -0.468 e. The Morgan fingerprint density at radius 2 is 2.06 bits per heavy atom. The summed E-state index contributed by atoms with van der Waals surface area (Å²) in [7, 11) is 1.12. The van der Waals surface area contributed by atoms with Crippen molar-refractivity contribution < 1.29 is 22.7 Å². The number of hydrogen-bond donors (Lipinski definition) is 0. The van der Waals surface area contributed by atoms with E-state index in [2.05, 4.69) is 4.74 Å². The van der Waals surface area contributed by atoms with E-state index in [-0.39, 0.29) is 5.56 Å². The lowest BCUT2D eigenvalue weighted by Crippen LogP contribution is -2.11. The fraction of sp³-hybridized carbons (Fsp3) is 0.300. The van der Waals surface area contributed by atoms with Crippen molar-refractivity contribution in [3.05, 3.63) is 35.4 Å². The summed E-state index contributed by atoms with van der Waals surface area (Å²) in [6.45, 7) is 0. The zero-order chi connectivity index (χ0) is 12.3. The Labute approximate surface area is 95.0 Å². The Morgan fingerprint density at radius 1 is 1.44 bits per heavy atom. The van der Waals surface area contributed by atoms with Gasteiger partial charge in [0.1, 0.15) is 0 Å². The van der Waals surface area contributed by atoms with Crippen LogP contribution in [0, 0.1) is 0 Å². The van der Waals surface area contributed by atoms with Crippen LogP contribution in [0.1, 0.15) is 16.5 Å². The van der Waals surface area contributed by atoms with Crippen LogP contribution in [0.5, 0.6) is 0 Å². The summed E-state index contributed by atoms with van der Waals surface area (Å²) in [5, 5.41) is -1.23. The van der Waals surface area contributed by atoms with Crippen LogP contribution in [-0.4, -0.2) is 13.1 Å². The average Bonchev–Trinajstić information content (AvgIpc) is 2.26. The molecule has 0 aromatic heterocycles. The molecule has 0 radical (unpaired) electrons. The zero-order valence-corrected chi connectivity index (χ0v) is 8.97. The van der Waals surface area contributed by atoms with E-state index in [1.165, 1.54) is 12.1 Å². The fourth-order valence-corrected chi connectivity index (χ4v) is 1.34. The summed E-state index contributed by atoms with van der Waals surface area (Å²) < 4.78 is 41.4. The zero-order valence-electron chi connectivity index (χ0n) is 8.22. The molecule has 0 fully saturated rings. The number of esters is 1. The van der Waals surface area contributed by atoms with Gasteiger partial charge in [-0.25, -0.2) is 0 Å². The predicted octanol–water partition coefficient (Wildman–Crippen LogP) is 3.16. The molecule has 0 N–H and O–H groups in total. The van der Waals surface area contributed by atoms with Crippen LogP contribution in [-0.2, 0) is 15.7 Å². The molecule has 0 aliphatic heterocycles. The molecular weight excluding hydrogens is 245 g/mol. The molecule has 88 valence electrons. The van der Waals surface area contributed by atoms with Crippen LogP contribution < -0.4 is 0 Å². The third-order valence-electron chi connectivity index (χ3n) is 1.91. The molecule has 0 aliphatic rings. The lowest BCUT2D eigenvalue weighted by Gasteiger charge is -2.11. The van der Waals surface area contributed by atoms with E-state index < -0.39 is 23.1 Å². The molecule has 0 saturated carbocycles. The summed E-state index contributed by atoms with van der Waals surface area (Å²) in [5.74, 6) is -0.791. The molecule has 0 aliphatic carbocycles. The summed E-state index contributed by atoms with van der Waals surface area (Å²) >= 11 is 5.64. The van der Waals surface area contributed by atoms with Gasteiger partial charge in [0.05, 0.1) is 12.7 Å². The standard InChI is InChI=1S/C10H8ClF3O2/c1-16-9(15)8(11)6-3-2-4-7(5-6)10(12,13)14/h2-5,8H,1H3/t8-/m0/s1. The normalized spacial score (nSPS) is 13.3. The highest BCUT2D eigenvalue weighted by Gasteiger charge is 2.31. The molecule has 0 spiro atoms. The van der Waals surface area contributed by atoms with Gasteiger partial charge in [-0.3, -0.25) is 4.79 Å². The second-order valence-electron chi connectivity index (χ2n) is 3.01. The first-order chi connectivity index (χ1) is 7.36. The van der Waals surface area contributed by atoms with E-state index in [1.807, 2.05) is 0 Å². The van der Waals surface area contributed by atoms with E-state index in [0.29, 0.717) is 0 Å². The number of alkyl halides is 4. The molecule has 0 heterocycles. The third-order valence-corrected chi connectivity index (χ3v) is 2.34. The first-order valence-electron chi connectivity index (χ1n) is 4.25. The van der Waals surface area contributed by atoms with E-state index in [4.69, 9.17) is 11.6 Å². The van der Waals surface area contributed by atoms with E-state index >= 15 is 0 Å². The molecule has 0 saturated heterocycles. The van der Waals surface area contributed by atoms with Gasteiger partial charge in [-0.15, -0.1) is 11.6 Å². The highest BCUT2D eigenvalue weighted by atomic mass is 35.5. The van der Waals surface area contributed by atoms with Crippen LogP contribution in [0.25, 0.3) is 0 Å². The van der Waals surface area contributed by atoms with Crippen molar-refractivity contribution in [2.45, 2.75) is 11.6 Å². The van der Waals surface area contributed by atoms with Crippen LogP contribution >= 0.6 is 11.6 Å². The van der Waals surface area contributed by atoms with Gasteiger partial charge in [0.25, 0.3) is 0 Å². The number of hydrogen-bond acceptors (Lipinski definition) is 2. The smallest absolute Gasteiger partial charge is 0.416 e. The van der Waals surface area contributed by atoms with Gasteiger partial charge in [-0.05, 0) is 17.7 Å². The Hall–Kier alpha value is -1.23. The number of rotatable bonds is 2. The van der Waals surface area contributed by atoms with Gasteiger partial charge >= 0.3 is 12.1 Å². The molecule has 6 heteroatoms. The Morgan fingerprint density at radius 3 is 2.56 bits per heavy atom. The monoisotopic (exact) mass is 252 g/mol. The highest BCUT2D eigenvalue weighted by molar-refractivity contribution is 6.29. The maximum Gasteiger partial charge on any atom is 0.416 e. The summed E-state index contributed by atoms with van der Waals surface area (Å²) in [6.07, 6.45) is -4.46. The molecule has 16 heavy (non-hydrogen) atoms. The molecule has 1 aromatic rings. The lowest BCUT2D eigenvalue weighted by atomic mass is 10.1. The molecule has 1 aromatic carbocycles. The van der Waals surface area contributed by atoms with Gasteiger partial charge < -0.3 is 4.74 Å². The van der Waals surface area contributed by atoms with Crippen LogP contribution in [0.15, 0.2) is 24.3 Å². The number of carbonyl (C=O) groups excluding carboxylic acids is 1. The van der Waals surface area contributed by atoms with Gasteiger partial charge in [-0.1, -0.05) is 12.1 Å². The van der Waals surface area contributed by atoms with Gasteiger partial charge in [0, 0.05) is 0 Å². The summed E-state index contributed by atoms with van der Waals surface area (Å²) in [5.41, 5.74) is -0.789. The van der Waals surface area contributed by atoms with Gasteiger partial charge in [-0.2, -0.15) is 13.2 Å². The second kappa shape index (κ2) is 4.74. The van der Waals surface area contributed by atoms with Crippen molar-refractivity contribution in [3.63, 3.8) is 0 Å². The number of methoxy groups -OCH3 is 1. The second-order valence-corrected chi connectivity index (χ2v) is 3.45. The highest BCUT2D eigenvalue weighted by Crippen LogP contribution is 2.32. The Bertz CT molecular complexity index is 390. The fourth-order valence-electron chi connectivity index (χ4n) is 1.11. The molecular formula is C10H8ClF3O2. The molecule has 1 atom stereocenters. The summed E-state index contributed by atoms with van der Waals surface area (Å²) in [6, 6.07) is 4.26. The molecule has 0 unspecified atom stereocenters. The first kappa shape index (κ1) is 12.8. The van der Waals surface area contributed by atoms with Crippen molar-refractivity contribution >= 4 is 17.6 Å². The van der Waals surface area contributed by atoms with E-state index in [9.17, 15) is 18.0 Å². The minimum absolute atomic E-state index is 0.0586. The lowest BCUT2D eigenvalue weighted by molar-refractivity contribution is -0.141. The molecule has 0 amide bonds. The van der Waals surface area contributed by atoms with Crippen LogP contribution in [0.4, 0.5) is 13.2 Å². The number of carbonyl (C=O) groups is 1. The van der Waals surface area contributed by atoms with Gasteiger partial charge in [0.2, 0.25) is 0 Å². The Balaban J connectivity index is 3.04. The van der Waals surface area contributed by atoms with E-state index in [1.54, 1.807) is 0 Å². The van der Waals surface area contributed by atoms with Gasteiger partial charge in [0.15, 0.2) is 5.38 Å². The summed E-state index contributed by atoms with van der Waals surface area (Å²) in [4.78, 5) is 11.0. The molecule has 0 bridgehead atoms. The van der Waals surface area contributed by atoms with Crippen molar-refractivity contribution in [2.75, 3.05) is 7.11 Å². The SMILES string of the molecule is COC(=O)[C@@H](Cl)c1cccc(C(F)(F)F)c1. The van der Waals surface area contributed by atoms with Crippen LogP contribution in [0.2, 0.25) is 0 Å². The first-order valence-corrected chi connectivity index (χ1v) is 4.69. The van der Waals surface area contributed by atoms with Crippen molar-refractivity contribution in [1.82, 2.24) is 0 Å². The quantitative estimate of drug-likeness (QED) is 0.597. The number of ether oxygens (including phenoxy) is 1. The van der Waals surface area contributed by atoms with Crippen molar-refractivity contribution in [1.29, 1.82) is 0 Å². The van der Waals surface area contributed by atoms with Crippen molar-refractivity contribution in [2.24, 2.45) is 0 Å².